The van der Waals surface area contributed by atoms with E-state index in [9.17, 15) is 0 Å². The van der Waals surface area contributed by atoms with E-state index in [1.165, 1.54) is 12.0 Å². The van der Waals surface area contributed by atoms with Gasteiger partial charge in [-0.05, 0) is 46.5 Å². The molecule has 0 atom stereocenters. The van der Waals surface area contributed by atoms with Crippen LogP contribution in [-0.2, 0) is 5.41 Å². The Labute approximate surface area is 110 Å². The van der Waals surface area contributed by atoms with Gasteiger partial charge in [-0.1, -0.05) is 6.42 Å². The molecule has 1 aliphatic rings. The fourth-order valence-corrected chi connectivity index (χ4v) is 3.04. The van der Waals surface area contributed by atoms with Gasteiger partial charge in [-0.2, -0.15) is 0 Å². The lowest BCUT2D eigenvalue weighted by atomic mass is 9.64. The van der Waals surface area contributed by atoms with Gasteiger partial charge < -0.3 is 15.2 Å². The van der Waals surface area contributed by atoms with Gasteiger partial charge in [0.25, 0.3) is 0 Å². The van der Waals surface area contributed by atoms with Crippen LogP contribution in [-0.4, -0.2) is 20.8 Å². The molecule has 4 heteroatoms. The van der Waals surface area contributed by atoms with Gasteiger partial charge in [0.15, 0.2) is 11.5 Å². The average Bonchev–Trinajstić information content (AvgIpc) is 2.27. The van der Waals surface area contributed by atoms with Crippen LogP contribution in [0.3, 0.4) is 0 Å². The van der Waals surface area contributed by atoms with Crippen molar-refractivity contribution in [3.8, 4) is 11.5 Å². The molecule has 0 unspecified atom stereocenters. The van der Waals surface area contributed by atoms with Crippen molar-refractivity contribution in [3.05, 3.63) is 22.2 Å². The van der Waals surface area contributed by atoms with Gasteiger partial charge >= 0.3 is 0 Å². The Morgan fingerprint density at radius 3 is 2.41 bits per heavy atom. The second kappa shape index (κ2) is 4.86. The molecular weight excluding hydrogens is 282 g/mol. The van der Waals surface area contributed by atoms with E-state index in [1.54, 1.807) is 14.2 Å². The van der Waals surface area contributed by atoms with Crippen molar-refractivity contribution < 1.29 is 9.47 Å². The number of hydrogen-bond acceptors (Lipinski definition) is 3. The molecule has 17 heavy (non-hydrogen) atoms. The summed E-state index contributed by atoms with van der Waals surface area (Å²) in [5.74, 6) is 1.50. The Morgan fingerprint density at radius 2 is 2.00 bits per heavy atom. The second-order valence-corrected chi connectivity index (χ2v) is 5.39. The highest BCUT2D eigenvalue weighted by atomic mass is 79.9. The maximum Gasteiger partial charge on any atom is 0.174 e. The molecule has 2 N–H and O–H groups in total. The van der Waals surface area contributed by atoms with E-state index in [4.69, 9.17) is 15.2 Å². The maximum atomic E-state index is 5.93. The van der Waals surface area contributed by atoms with Crippen molar-refractivity contribution in [1.82, 2.24) is 0 Å². The molecule has 1 fully saturated rings. The number of rotatable bonds is 4. The lowest BCUT2D eigenvalue weighted by molar-refractivity contribution is 0.251. The summed E-state index contributed by atoms with van der Waals surface area (Å²) in [5, 5.41) is 0. The van der Waals surface area contributed by atoms with Gasteiger partial charge in [-0.15, -0.1) is 0 Å². The third-order valence-corrected chi connectivity index (χ3v) is 4.34. The minimum Gasteiger partial charge on any atom is -0.493 e. The molecule has 0 spiro atoms. The molecule has 3 nitrogen and oxygen atoms in total. The Morgan fingerprint density at radius 1 is 1.29 bits per heavy atom. The molecule has 0 bridgehead atoms. The average molecular weight is 300 g/mol. The summed E-state index contributed by atoms with van der Waals surface area (Å²) in [6.45, 7) is 0.689. The minimum absolute atomic E-state index is 0.141. The fourth-order valence-electron chi connectivity index (χ4n) is 2.44. The van der Waals surface area contributed by atoms with Crippen molar-refractivity contribution in [2.24, 2.45) is 5.73 Å². The van der Waals surface area contributed by atoms with Gasteiger partial charge in [0, 0.05) is 12.0 Å². The number of nitrogens with two attached hydrogens (primary N) is 1. The van der Waals surface area contributed by atoms with E-state index in [2.05, 4.69) is 28.1 Å². The SMILES string of the molecule is COc1cc(C2(CN)CCC2)cc(Br)c1OC. The first-order valence-electron chi connectivity index (χ1n) is 5.79. The van der Waals surface area contributed by atoms with Crippen molar-refractivity contribution in [2.75, 3.05) is 20.8 Å². The monoisotopic (exact) mass is 299 g/mol. The van der Waals surface area contributed by atoms with Crippen molar-refractivity contribution in [1.29, 1.82) is 0 Å². The first-order valence-corrected chi connectivity index (χ1v) is 6.58. The molecule has 1 aromatic carbocycles. The first-order chi connectivity index (χ1) is 8.16. The van der Waals surface area contributed by atoms with Crippen LogP contribution in [0, 0.1) is 0 Å². The number of hydrogen-bond donors (Lipinski definition) is 1. The van der Waals surface area contributed by atoms with Gasteiger partial charge in [0.05, 0.1) is 18.7 Å². The van der Waals surface area contributed by atoms with Crippen LogP contribution in [0.4, 0.5) is 0 Å². The Hall–Kier alpha value is -0.740. The van der Waals surface area contributed by atoms with Crippen molar-refractivity contribution >= 4 is 15.9 Å². The number of methoxy groups -OCH3 is 2. The summed E-state index contributed by atoms with van der Waals surface area (Å²) in [6, 6.07) is 4.16. The van der Waals surface area contributed by atoms with Crippen LogP contribution in [0.2, 0.25) is 0 Å². The van der Waals surface area contributed by atoms with E-state index < -0.39 is 0 Å². The molecule has 94 valence electrons. The van der Waals surface area contributed by atoms with Crippen molar-refractivity contribution in [3.63, 3.8) is 0 Å². The van der Waals surface area contributed by atoms with Crippen LogP contribution in [0.5, 0.6) is 11.5 Å². The van der Waals surface area contributed by atoms with Gasteiger partial charge in [-0.25, -0.2) is 0 Å². The number of ether oxygens (including phenoxy) is 2. The van der Waals surface area contributed by atoms with Crippen LogP contribution >= 0.6 is 15.9 Å². The Bertz CT molecular complexity index is 411. The summed E-state index contributed by atoms with van der Waals surface area (Å²) >= 11 is 3.53. The molecule has 1 saturated carbocycles. The van der Waals surface area contributed by atoms with Crippen LogP contribution < -0.4 is 15.2 Å². The highest BCUT2D eigenvalue weighted by Crippen LogP contribution is 2.47. The fraction of sp³-hybridized carbons (Fsp3) is 0.538. The highest BCUT2D eigenvalue weighted by molar-refractivity contribution is 9.10. The zero-order chi connectivity index (χ0) is 12.5. The Balaban J connectivity index is 2.46. The van der Waals surface area contributed by atoms with Gasteiger partial charge in [-0.3, -0.25) is 0 Å². The normalized spacial score (nSPS) is 17.4. The quantitative estimate of drug-likeness (QED) is 0.930. The molecule has 0 aromatic heterocycles. The zero-order valence-electron chi connectivity index (χ0n) is 10.3. The molecule has 1 aromatic rings. The predicted molar refractivity (Wildman–Crippen MR) is 71.8 cm³/mol. The summed E-state index contributed by atoms with van der Waals surface area (Å²) in [6.07, 6.45) is 3.57. The van der Waals surface area contributed by atoms with Crippen molar-refractivity contribution in [2.45, 2.75) is 24.7 Å². The summed E-state index contributed by atoms with van der Waals surface area (Å²) in [7, 11) is 3.30. The van der Waals surface area contributed by atoms with Gasteiger partial charge in [0.2, 0.25) is 0 Å². The summed E-state index contributed by atoms with van der Waals surface area (Å²) < 4.78 is 11.6. The zero-order valence-corrected chi connectivity index (χ0v) is 11.8. The highest BCUT2D eigenvalue weighted by Gasteiger charge is 2.38. The largest absolute Gasteiger partial charge is 0.493 e. The molecule has 0 saturated heterocycles. The smallest absolute Gasteiger partial charge is 0.174 e. The third-order valence-electron chi connectivity index (χ3n) is 3.75. The molecule has 2 rings (SSSR count). The third kappa shape index (κ3) is 2.04. The van der Waals surface area contributed by atoms with Crippen LogP contribution in [0.1, 0.15) is 24.8 Å². The standard InChI is InChI=1S/C13H18BrNO2/c1-16-11-7-9(6-10(14)12(11)17-2)13(8-15)4-3-5-13/h6-7H,3-5,8,15H2,1-2H3. The molecule has 0 aliphatic heterocycles. The minimum atomic E-state index is 0.141. The number of halogens is 1. The summed E-state index contributed by atoms with van der Waals surface area (Å²) in [5.41, 5.74) is 7.31. The summed E-state index contributed by atoms with van der Waals surface area (Å²) in [4.78, 5) is 0. The lowest BCUT2D eigenvalue weighted by Crippen LogP contribution is -2.41. The van der Waals surface area contributed by atoms with E-state index in [0.29, 0.717) is 6.54 Å². The van der Waals surface area contributed by atoms with E-state index in [0.717, 1.165) is 28.8 Å². The topological polar surface area (TPSA) is 44.5 Å². The Kier molecular flexibility index (Phi) is 3.64. The molecule has 0 amide bonds. The van der Waals surface area contributed by atoms with E-state index >= 15 is 0 Å². The number of benzene rings is 1. The second-order valence-electron chi connectivity index (χ2n) is 4.53. The molecule has 1 aliphatic carbocycles. The predicted octanol–water partition coefficient (Wildman–Crippen LogP) is 2.85. The molecule has 0 radical (unpaired) electrons. The van der Waals surface area contributed by atoms with Gasteiger partial charge in [0.1, 0.15) is 0 Å². The van der Waals surface area contributed by atoms with E-state index in [-0.39, 0.29) is 5.41 Å². The lowest BCUT2D eigenvalue weighted by Gasteiger charge is -2.41. The van der Waals surface area contributed by atoms with E-state index in [1.807, 2.05) is 0 Å². The molecule has 0 heterocycles. The van der Waals surface area contributed by atoms with Crippen LogP contribution in [0.15, 0.2) is 16.6 Å². The maximum absolute atomic E-state index is 5.93. The van der Waals surface area contributed by atoms with Crippen LogP contribution in [0.25, 0.3) is 0 Å². The first kappa shape index (κ1) is 12.7. The molecular formula is C13H18BrNO2.